The number of benzene rings is 1. The molecule has 0 saturated carbocycles. The number of pyridine rings is 1. The number of hydrogen-bond acceptors (Lipinski definition) is 8. The summed E-state index contributed by atoms with van der Waals surface area (Å²) in [7, 11) is 0. The van der Waals surface area contributed by atoms with Gasteiger partial charge in [0.15, 0.2) is 5.82 Å². The van der Waals surface area contributed by atoms with Crippen molar-refractivity contribution in [2.45, 2.75) is 31.7 Å². The van der Waals surface area contributed by atoms with E-state index >= 15 is 0 Å². The summed E-state index contributed by atoms with van der Waals surface area (Å²) in [5, 5.41) is 22.5. The van der Waals surface area contributed by atoms with Gasteiger partial charge in [-0.3, -0.25) is 4.90 Å². The topological polar surface area (TPSA) is 80.7 Å². The number of phenols is 1. The molecule has 8 nitrogen and oxygen atoms in total. The van der Waals surface area contributed by atoms with Crippen molar-refractivity contribution in [2.24, 2.45) is 0 Å². The maximum atomic E-state index is 10.3. The molecule has 0 amide bonds. The average molecular weight is 496 g/mol. The molecule has 1 atom stereocenters. The van der Waals surface area contributed by atoms with Gasteiger partial charge in [-0.1, -0.05) is 30.9 Å². The second-order valence-electron chi connectivity index (χ2n) is 10.0. The van der Waals surface area contributed by atoms with Crippen molar-refractivity contribution in [2.75, 3.05) is 60.9 Å². The number of aromatic hydroxyl groups is 1. The van der Waals surface area contributed by atoms with Crippen LogP contribution in [0.4, 0.5) is 17.2 Å². The first-order chi connectivity index (χ1) is 18.2. The lowest BCUT2D eigenvalue weighted by Gasteiger charge is -2.46. The highest BCUT2D eigenvalue weighted by atomic mass is 16.3. The van der Waals surface area contributed by atoms with Gasteiger partial charge in [0.1, 0.15) is 11.4 Å². The highest BCUT2D eigenvalue weighted by Gasteiger charge is 2.33. The van der Waals surface area contributed by atoms with Crippen LogP contribution in [0.3, 0.4) is 0 Å². The quantitative estimate of drug-likeness (QED) is 0.534. The SMILES string of the molecule is Oc1ccccc1-c1cc2c(nn1)NC[C@@H]1CN(c3ccnc(C#CCN4CCCCCC4)c3)CCN21. The first-order valence-electron chi connectivity index (χ1n) is 13.3. The number of anilines is 3. The zero-order valence-electron chi connectivity index (χ0n) is 21.1. The van der Waals surface area contributed by atoms with Gasteiger partial charge in [-0.05, 0) is 62.2 Å². The van der Waals surface area contributed by atoms with E-state index < -0.39 is 0 Å². The molecular weight excluding hydrogens is 462 g/mol. The molecule has 6 rings (SSSR count). The number of phenolic OH excluding ortho intramolecular Hbond substituents is 1. The number of nitrogens with zero attached hydrogens (tertiary/aromatic N) is 6. The number of aromatic nitrogens is 3. The largest absolute Gasteiger partial charge is 0.507 e. The zero-order chi connectivity index (χ0) is 25.0. The molecule has 0 unspecified atom stereocenters. The minimum Gasteiger partial charge on any atom is -0.507 e. The molecule has 190 valence electrons. The molecule has 3 aliphatic rings. The lowest BCUT2D eigenvalue weighted by molar-refractivity contribution is 0.320. The molecule has 0 aliphatic carbocycles. The Hall–Kier alpha value is -3.83. The van der Waals surface area contributed by atoms with Crippen molar-refractivity contribution >= 4 is 17.2 Å². The Labute approximate surface area is 218 Å². The van der Waals surface area contributed by atoms with Gasteiger partial charge in [-0.25, -0.2) is 4.98 Å². The first kappa shape index (κ1) is 23.6. The maximum Gasteiger partial charge on any atom is 0.172 e. The number of nitrogens with one attached hydrogen (secondary N) is 1. The number of rotatable bonds is 3. The van der Waals surface area contributed by atoms with Gasteiger partial charge < -0.3 is 20.2 Å². The van der Waals surface area contributed by atoms with Crippen molar-refractivity contribution in [3.8, 4) is 28.8 Å². The number of likely N-dealkylation sites (tertiary alicyclic amines) is 1. The highest BCUT2D eigenvalue weighted by molar-refractivity contribution is 5.77. The number of piperazine rings is 1. The van der Waals surface area contributed by atoms with Crippen LogP contribution in [0.25, 0.3) is 11.3 Å². The van der Waals surface area contributed by atoms with E-state index in [1.54, 1.807) is 6.07 Å². The Bertz CT molecular complexity index is 1310. The summed E-state index contributed by atoms with van der Waals surface area (Å²) in [6, 6.07) is 13.8. The predicted octanol–water partition coefficient (Wildman–Crippen LogP) is 3.59. The molecule has 0 spiro atoms. The summed E-state index contributed by atoms with van der Waals surface area (Å²) in [5.74, 6) is 7.67. The van der Waals surface area contributed by atoms with Crippen LogP contribution < -0.4 is 15.1 Å². The average Bonchev–Trinajstić information content (AvgIpc) is 3.22. The van der Waals surface area contributed by atoms with E-state index in [9.17, 15) is 5.11 Å². The maximum absolute atomic E-state index is 10.3. The van der Waals surface area contributed by atoms with Gasteiger partial charge in [-0.2, -0.15) is 0 Å². The molecule has 2 N–H and O–H groups in total. The third-order valence-electron chi connectivity index (χ3n) is 7.58. The first-order valence-corrected chi connectivity index (χ1v) is 13.3. The van der Waals surface area contributed by atoms with E-state index in [2.05, 4.69) is 59.2 Å². The number of hydrogen-bond donors (Lipinski definition) is 2. The van der Waals surface area contributed by atoms with Crippen molar-refractivity contribution in [1.82, 2.24) is 20.1 Å². The second-order valence-corrected chi connectivity index (χ2v) is 10.0. The molecule has 0 radical (unpaired) electrons. The molecule has 8 heteroatoms. The molecule has 2 fully saturated rings. The number of para-hydroxylation sites is 1. The smallest absolute Gasteiger partial charge is 0.172 e. The minimum absolute atomic E-state index is 0.213. The monoisotopic (exact) mass is 495 g/mol. The van der Waals surface area contributed by atoms with E-state index in [0.29, 0.717) is 17.3 Å². The molecule has 3 aliphatic heterocycles. The molecule has 3 aromatic rings. The Balaban J connectivity index is 1.15. The van der Waals surface area contributed by atoms with E-state index in [4.69, 9.17) is 0 Å². The van der Waals surface area contributed by atoms with Gasteiger partial charge in [0, 0.05) is 43.6 Å². The summed E-state index contributed by atoms with van der Waals surface area (Å²) in [4.78, 5) is 11.8. The molecule has 37 heavy (non-hydrogen) atoms. The summed E-state index contributed by atoms with van der Waals surface area (Å²) in [5.41, 5.74) is 4.42. The van der Waals surface area contributed by atoms with Gasteiger partial charge in [0.2, 0.25) is 0 Å². The summed E-state index contributed by atoms with van der Waals surface area (Å²) in [6.45, 7) is 6.62. The van der Waals surface area contributed by atoms with E-state index in [-0.39, 0.29) is 5.75 Å². The van der Waals surface area contributed by atoms with Gasteiger partial charge >= 0.3 is 0 Å². The molecule has 1 aromatic carbocycles. The van der Waals surface area contributed by atoms with Crippen LogP contribution in [0, 0.1) is 11.8 Å². The Morgan fingerprint density at radius 1 is 0.973 bits per heavy atom. The van der Waals surface area contributed by atoms with E-state index in [0.717, 1.165) is 63.0 Å². The van der Waals surface area contributed by atoms with E-state index in [1.165, 1.54) is 31.4 Å². The minimum atomic E-state index is 0.213. The van der Waals surface area contributed by atoms with Crippen LogP contribution >= 0.6 is 0 Å². The molecule has 5 heterocycles. The van der Waals surface area contributed by atoms with Crippen LogP contribution in [-0.2, 0) is 0 Å². The Kier molecular flexibility index (Phi) is 6.78. The van der Waals surface area contributed by atoms with Crippen LogP contribution in [0.5, 0.6) is 5.75 Å². The fourth-order valence-electron chi connectivity index (χ4n) is 5.57. The predicted molar refractivity (Wildman–Crippen MR) is 147 cm³/mol. The summed E-state index contributed by atoms with van der Waals surface area (Å²) < 4.78 is 0. The fourth-order valence-corrected chi connectivity index (χ4v) is 5.57. The lowest BCUT2D eigenvalue weighted by Crippen LogP contribution is -2.58. The summed E-state index contributed by atoms with van der Waals surface area (Å²) in [6.07, 6.45) is 7.12. The normalized spacial score (nSPS) is 19.6. The van der Waals surface area contributed by atoms with Crippen LogP contribution in [0.1, 0.15) is 31.4 Å². The molecule has 2 saturated heterocycles. The second kappa shape index (κ2) is 10.7. The third kappa shape index (κ3) is 5.18. The Morgan fingerprint density at radius 2 is 1.84 bits per heavy atom. The molecular formula is C29H33N7O. The van der Waals surface area contributed by atoms with Crippen LogP contribution in [-0.4, -0.2) is 77.0 Å². The van der Waals surface area contributed by atoms with Crippen molar-refractivity contribution in [1.29, 1.82) is 0 Å². The van der Waals surface area contributed by atoms with Gasteiger partial charge in [0.05, 0.1) is 24.0 Å². The lowest BCUT2D eigenvalue weighted by atomic mass is 10.1. The zero-order valence-corrected chi connectivity index (χ0v) is 21.1. The third-order valence-corrected chi connectivity index (χ3v) is 7.58. The highest BCUT2D eigenvalue weighted by Crippen LogP contribution is 2.36. The number of fused-ring (bicyclic) bond motifs is 3. The van der Waals surface area contributed by atoms with Crippen molar-refractivity contribution < 1.29 is 5.11 Å². The molecule has 0 bridgehead atoms. The van der Waals surface area contributed by atoms with Gasteiger partial charge in [-0.15, -0.1) is 10.2 Å². The standard InChI is InChI=1S/C29H33N7O/c37-28-10-4-3-9-25(28)26-19-27-29(33-32-26)31-20-24-21-35(16-17-36(24)27)23-11-12-30-22(18-23)8-7-15-34-13-5-1-2-6-14-34/h3-4,9-12,18-19,24,37H,1-2,5-6,13-17,20-21H2,(H,31,33)/t24-/m1/s1. The van der Waals surface area contributed by atoms with Crippen LogP contribution in [0.2, 0.25) is 0 Å². The fraction of sp³-hybridized carbons (Fsp3) is 0.414. The van der Waals surface area contributed by atoms with Crippen LogP contribution in [0.15, 0.2) is 48.7 Å². The Morgan fingerprint density at radius 3 is 2.70 bits per heavy atom. The summed E-state index contributed by atoms with van der Waals surface area (Å²) >= 11 is 0. The molecule has 2 aromatic heterocycles. The van der Waals surface area contributed by atoms with Crippen molar-refractivity contribution in [3.63, 3.8) is 0 Å². The van der Waals surface area contributed by atoms with Crippen molar-refractivity contribution in [3.05, 3.63) is 54.4 Å². The van der Waals surface area contributed by atoms with E-state index in [1.807, 2.05) is 30.5 Å². The van der Waals surface area contributed by atoms with Gasteiger partial charge in [0.25, 0.3) is 0 Å².